The first-order valence-electron chi connectivity index (χ1n) is 13.3. The molecule has 0 unspecified atom stereocenters. The highest BCUT2D eigenvalue weighted by Gasteiger charge is 2.27. The number of anilines is 2. The quantitative estimate of drug-likeness (QED) is 0.482. The van der Waals surface area contributed by atoms with Crippen molar-refractivity contribution >= 4 is 23.4 Å². The van der Waals surface area contributed by atoms with Crippen molar-refractivity contribution in [3.8, 4) is 11.1 Å². The zero-order valence-electron chi connectivity index (χ0n) is 22.3. The first-order valence-corrected chi connectivity index (χ1v) is 13.3. The molecule has 2 N–H and O–H groups in total. The Bertz CT molecular complexity index is 1250. The number of ether oxygens (including phenoxy) is 2. The molecular formula is C27H37N7O4. The van der Waals surface area contributed by atoms with E-state index in [1.165, 1.54) is 7.11 Å². The molecule has 5 rings (SSSR count). The van der Waals surface area contributed by atoms with E-state index in [-0.39, 0.29) is 18.2 Å². The van der Waals surface area contributed by atoms with E-state index in [0.717, 1.165) is 53.8 Å². The minimum atomic E-state index is -0.292. The molecule has 3 aromatic heterocycles. The van der Waals surface area contributed by atoms with Crippen LogP contribution in [0.3, 0.4) is 0 Å². The van der Waals surface area contributed by atoms with Crippen molar-refractivity contribution in [3.63, 3.8) is 0 Å². The number of carbonyl (C=O) groups excluding carboxylic acids is 1. The molecule has 2 aliphatic rings. The molecule has 1 saturated carbocycles. The topological polar surface area (TPSA) is 117 Å². The van der Waals surface area contributed by atoms with Crippen LogP contribution in [0.5, 0.6) is 0 Å². The Hall–Kier alpha value is -3.44. The van der Waals surface area contributed by atoms with Gasteiger partial charge in [0.2, 0.25) is 5.95 Å². The third kappa shape index (κ3) is 5.53. The van der Waals surface area contributed by atoms with E-state index in [9.17, 15) is 9.90 Å². The summed E-state index contributed by atoms with van der Waals surface area (Å²) in [6.45, 7) is 5.16. The molecule has 1 aliphatic carbocycles. The second-order valence-electron chi connectivity index (χ2n) is 10.2. The molecule has 1 aliphatic heterocycles. The molecule has 38 heavy (non-hydrogen) atoms. The van der Waals surface area contributed by atoms with E-state index in [1.54, 1.807) is 12.0 Å². The van der Waals surface area contributed by atoms with Gasteiger partial charge in [0.25, 0.3) is 0 Å². The van der Waals surface area contributed by atoms with Gasteiger partial charge in [0, 0.05) is 62.7 Å². The average molecular weight is 524 g/mol. The van der Waals surface area contributed by atoms with E-state index < -0.39 is 0 Å². The maximum Gasteiger partial charge on any atom is 0.409 e. The third-order valence-electron chi connectivity index (χ3n) is 7.54. The summed E-state index contributed by atoms with van der Waals surface area (Å²) in [5.41, 5.74) is 4.17. The number of carbonyl (C=O) groups is 1. The van der Waals surface area contributed by atoms with Crippen molar-refractivity contribution in [3.05, 3.63) is 36.3 Å². The average Bonchev–Trinajstić information content (AvgIpc) is 3.32. The van der Waals surface area contributed by atoms with E-state index in [1.807, 2.05) is 29.9 Å². The number of methoxy groups -OCH3 is 2. The molecule has 3 aromatic rings. The second kappa shape index (κ2) is 11.5. The molecule has 1 saturated heterocycles. The fourth-order valence-electron chi connectivity index (χ4n) is 5.49. The Labute approximate surface area is 222 Å². The fraction of sp³-hybridized carbons (Fsp3) is 0.556. The number of amides is 1. The molecule has 1 amide bonds. The van der Waals surface area contributed by atoms with Gasteiger partial charge in [-0.25, -0.2) is 19.3 Å². The van der Waals surface area contributed by atoms with E-state index >= 15 is 0 Å². The highest BCUT2D eigenvalue weighted by atomic mass is 16.5. The van der Waals surface area contributed by atoms with Crippen LogP contribution in [0.15, 0.2) is 30.6 Å². The predicted molar refractivity (Wildman–Crippen MR) is 145 cm³/mol. The number of aliphatic hydroxyl groups excluding tert-OH is 1. The van der Waals surface area contributed by atoms with Crippen LogP contribution >= 0.6 is 0 Å². The molecule has 0 bridgehead atoms. The maximum absolute atomic E-state index is 11.9. The van der Waals surface area contributed by atoms with Gasteiger partial charge < -0.3 is 29.7 Å². The van der Waals surface area contributed by atoms with E-state index in [2.05, 4.69) is 32.3 Å². The minimum absolute atomic E-state index is 0.0724. The molecule has 11 heteroatoms. The van der Waals surface area contributed by atoms with Crippen LogP contribution < -0.4 is 10.2 Å². The molecule has 11 nitrogen and oxygen atoms in total. The summed E-state index contributed by atoms with van der Waals surface area (Å²) < 4.78 is 12.1. The Kier molecular flexibility index (Phi) is 7.94. The van der Waals surface area contributed by atoms with Gasteiger partial charge in [-0.3, -0.25) is 0 Å². The first-order chi connectivity index (χ1) is 18.5. The smallest absolute Gasteiger partial charge is 0.409 e. The number of nitrogens with zero attached hydrogens (tertiary/aromatic N) is 6. The van der Waals surface area contributed by atoms with Crippen molar-refractivity contribution in [2.75, 3.05) is 57.2 Å². The number of fused-ring (bicyclic) bond motifs is 1. The first kappa shape index (κ1) is 26.2. The number of nitrogens with one attached hydrogen (secondary N) is 1. The summed E-state index contributed by atoms with van der Waals surface area (Å²) >= 11 is 0. The van der Waals surface area contributed by atoms with Crippen molar-refractivity contribution in [2.24, 2.45) is 0 Å². The van der Waals surface area contributed by atoms with E-state index in [4.69, 9.17) is 14.6 Å². The molecule has 4 heterocycles. The standard InChI is InChI=1S/C27H37N7O4/c1-18(17-37-2)30-26-29-16-24-22(15-23(34(24)31-26)19-4-6-21(35)7-5-19)20-8-9-28-25(14-20)32-10-12-33(13-11-32)27(36)38-3/h8-9,14-16,18-19,21,35H,4-7,10-13,17H2,1-3H3,(H,30,31)/t18-,19-,21-/m0/s1. The number of piperazine rings is 1. The molecular weight excluding hydrogens is 486 g/mol. The Balaban J connectivity index is 1.46. The minimum Gasteiger partial charge on any atom is -0.453 e. The van der Waals surface area contributed by atoms with Gasteiger partial charge >= 0.3 is 6.09 Å². The molecule has 0 spiro atoms. The Morgan fingerprint density at radius 1 is 1.13 bits per heavy atom. The zero-order chi connectivity index (χ0) is 26.6. The molecule has 0 radical (unpaired) electrons. The largest absolute Gasteiger partial charge is 0.453 e. The summed E-state index contributed by atoms with van der Waals surface area (Å²) in [7, 11) is 3.09. The van der Waals surface area contributed by atoms with Crippen LogP contribution in [0.25, 0.3) is 16.6 Å². The lowest BCUT2D eigenvalue weighted by Gasteiger charge is -2.34. The van der Waals surface area contributed by atoms with Gasteiger partial charge in [0.05, 0.1) is 31.5 Å². The molecule has 204 valence electrons. The summed E-state index contributed by atoms with van der Waals surface area (Å²) in [6.07, 6.45) is 6.63. The van der Waals surface area contributed by atoms with Crippen LogP contribution in [-0.4, -0.2) is 94.8 Å². The molecule has 1 atom stereocenters. The van der Waals surface area contributed by atoms with Gasteiger partial charge in [-0.15, -0.1) is 5.10 Å². The second-order valence-corrected chi connectivity index (χ2v) is 10.2. The Morgan fingerprint density at radius 2 is 1.89 bits per heavy atom. The summed E-state index contributed by atoms with van der Waals surface area (Å²) in [4.78, 5) is 25.0. The van der Waals surface area contributed by atoms with E-state index in [0.29, 0.717) is 44.7 Å². The van der Waals surface area contributed by atoms with Gasteiger partial charge in [0.15, 0.2) is 0 Å². The molecule has 0 aromatic carbocycles. The highest BCUT2D eigenvalue weighted by molar-refractivity contribution is 5.82. The van der Waals surface area contributed by atoms with Crippen molar-refractivity contribution in [1.82, 2.24) is 24.5 Å². The van der Waals surface area contributed by atoms with Gasteiger partial charge in [0.1, 0.15) is 5.82 Å². The number of hydrogen-bond donors (Lipinski definition) is 2. The molecule has 2 fully saturated rings. The van der Waals surface area contributed by atoms with Crippen molar-refractivity contribution < 1.29 is 19.4 Å². The van der Waals surface area contributed by atoms with Crippen LogP contribution in [0.4, 0.5) is 16.6 Å². The lowest BCUT2D eigenvalue weighted by atomic mass is 9.85. The predicted octanol–water partition coefficient (Wildman–Crippen LogP) is 3.15. The summed E-state index contributed by atoms with van der Waals surface area (Å²) in [5, 5.41) is 18.3. The lowest BCUT2D eigenvalue weighted by molar-refractivity contribution is 0.121. The lowest BCUT2D eigenvalue weighted by Crippen LogP contribution is -2.49. The summed E-state index contributed by atoms with van der Waals surface area (Å²) in [5.74, 6) is 1.74. The number of hydrogen-bond acceptors (Lipinski definition) is 9. The fourth-order valence-corrected chi connectivity index (χ4v) is 5.49. The normalized spacial score (nSPS) is 20.9. The Morgan fingerprint density at radius 3 is 2.61 bits per heavy atom. The number of pyridine rings is 1. The van der Waals surface area contributed by atoms with Gasteiger partial charge in [-0.1, -0.05) is 0 Å². The van der Waals surface area contributed by atoms with Crippen molar-refractivity contribution in [1.29, 1.82) is 0 Å². The van der Waals surface area contributed by atoms with Gasteiger partial charge in [-0.2, -0.15) is 0 Å². The third-order valence-corrected chi connectivity index (χ3v) is 7.54. The van der Waals surface area contributed by atoms with Crippen LogP contribution in [0, 0.1) is 0 Å². The number of aliphatic hydroxyl groups is 1. The number of rotatable bonds is 7. The monoisotopic (exact) mass is 523 g/mol. The zero-order valence-corrected chi connectivity index (χ0v) is 22.3. The summed E-state index contributed by atoms with van der Waals surface area (Å²) in [6, 6.07) is 6.42. The SMILES string of the molecule is COC[C@H](C)Nc1ncc2c(-c3ccnc(N4CCN(C(=O)OC)CC4)c3)cc([C@H]3CC[C@H](O)CC3)n2n1. The van der Waals surface area contributed by atoms with Crippen molar-refractivity contribution in [2.45, 2.75) is 50.7 Å². The number of aromatic nitrogens is 4. The maximum atomic E-state index is 11.9. The van der Waals surface area contributed by atoms with Crippen LogP contribution in [0.2, 0.25) is 0 Å². The highest BCUT2D eigenvalue weighted by Crippen LogP contribution is 2.38. The van der Waals surface area contributed by atoms with Gasteiger partial charge in [-0.05, 0) is 56.4 Å². The van der Waals surface area contributed by atoms with Crippen LogP contribution in [0.1, 0.15) is 44.2 Å². The van der Waals surface area contributed by atoms with Crippen LogP contribution in [-0.2, 0) is 9.47 Å².